The van der Waals surface area contributed by atoms with Gasteiger partial charge in [-0.1, -0.05) is 48.5 Å². The molecule has 6 aliphatic rings. The molecule has 0 unspecified atom stereocenters. The molecule has 0 N–H and O–H groups in total. The molecule has 1 saturated heterocycles. The van der Waals surface area contributed by atoms with Crippen LogP contribution in [0.25, 0.3) is 4.85 Å². The van der Waals surface area contributed by atoms with Gasteiger partial charge in [0.1, 0.15) is 11.6 Å². The predicted octanol–water partition coefficient (Wildman–Crippen LogP) is 7.76. The summed E-state index contributed by atoms with van der Waals surface area (Å²) in [5, 5.41) is 0. The average Bonchev–Trinajstić information content (AvgIpc) is 3.64. The summed E-state index contributed by atoms with van der Waals surface area (Å²) in [5.74, 6) is -1.13. The van der Waals surface area contributed by atoms with Crippen molar-refractivity contribution in [1.82, 2.24) is 0 Å². The first-order chi connectivity index (χ1) is 19.2. The van der Waals surface area contributed by atoms with Crippen molar-refractivity contribution in [3.63, 3.8) is 0 Å². The highest BCUT2D eigenvalue weighted by Gasteiger charge is 2.88. The van der Waals surface area contributed by atoms with Gasteiger partial charge in [0.2, 0.25) is 0 Å². The van der Waals surface area contributed by atoms with Crippen LogP contribution >= 0.6 is 0 Å². The molecule has 1 aliphatic heterocycles. The molecule has 0 aromatic carbocycles. The normalized spacial score (nSPS) is 50.3. The highest BCUT2D eigenvalue weighted by molar-refractivity contribution is 5.98. The molecule has 10 atom stereocenters. The van der Waals surface area contributed by atoms with Gasteiger partial charge < -0.3 is 0 Å². The summed E-state index contributed by atoms with van der Waals surface area (Å²) < 4.78 is 45.8. The molecule has 0 aromatic rings. The third-order valence-electron chi connectivity index (χ3n) is 14.5. The third-order valence-corrected chi connectivity index (χ3v) is 14.5. The number of hydrogen-bond donors (Lipinski definition) is 0. The van der Waals surface area contributed by atoms with E-state index < -0.39 is 58.4 Å². The van der Waals surface area contributed by atoms with Crippen molar-refractivity contribution in [1.29, 1.82) is 0 Å². The Morgan fingerprint density at radius 1 is 0.952 bits per heavy atom. The summed E-state index contributed by atoms with van der Waals surface area (Å²) in [5.41, 5.74) is -4.51. The molecule has 1 heterocycles. The quantitative estimate of drug-likeness (QED) is 0.249. The maximum absolute atomic E-state index is 14.6. The largest absolute Gasteiger partial charge is 0.424 e. The van der Waals surface area contributed by atoms with E-state index in [-0.39, 0.29) is 45.9 Å². The minimum absolute atomic E-state index is 0.0221. The summed E-state index contributed by atoms with van der Waals surface area (Å²) in [4.78, 5) is 45.8. The van der Waals surface area contributed by atoms with E-state index in [1.165, 1.54) is 0 Å². The van der Waals surface area contributed by atoms with Crippen LogP contribution < -0.4 is 0 Å². The number of nitrogens with zero attached hydrogens (tertiary/aromatic N) is 1. The number of carbonyl (C=O) groups is 3. The second-order valence-electron chi connectivity index (χ2n) is 17.0. The molecule has 0 spiro atoms. The van der Waals surface area contributed by atoms with Crippen molar-refractivity contribution in [3.8, 4) is 0 Å². The molecule has 0 aromatic heterocycles. The molecule has 232 valence electrons. The number of carbonyl (C=O) groups excluding carboxylic acids is 3. The fourth-order valence-corrected chi connectivity index (χ4v) is 12.1. The number of halogens is 3. The van der Waals surface area contributed by atoms with Crippen LogP contribution in [0.15, 0.2) is 0 Å². The Hall–Kier alpha value is -1.75. The maximum Gasteiger partial charge on any atom is 0.424 e. The van der Waals surface area contributed by atoms with E-state index in [9.17, 15) is 27.6 Å². The van der Waals surface area contributed by atoms with Gasteiger partial charge in [-0.05, 0) is 78.9 Å². The van der Waals surface area contributed by atoms with Gasteiger partial charge in [0.15, 0.2) is 6.10 Å². The van der Waals surface area contributed by atoms with Crippen molar-refractivity contribution in [2.24, 2.45) is 56.2 Å². The van der Waals surface area contributed by atoms with Crippen molar-refractivity contribution in [2.45, 2.75) is 131 Å². The van der Waals surface area contributed by atoms with E-state index in [0.717, 1.165) is 19.3 Å². The number of ether oxygens (including phenoxy) is 1. The van der Waals surface area contributed by atoms with Crippen molar-refractivity contribution >= 4 is 17.3 Å². The van der Waals surface area contributed by atoms with Crippen molar-refractivity contribution in [2.75, 3.05) is 0 Å². The summed E-state index contributed by atoms with van der Waals surface area (Å²) >= 11 is 0. The van der Waals surface area contributed by atoms with Crippen LogP contribution in [0.2, 0.25) is 0 Å². The molecule has 0 bridgehead atoms. The van der Waals surface area contributed by atoms with Crippen LogP contribution in [0.3, 0.4) is 0 Å². The van der Waals surface area contributed by atoms with Crippen LogP contribution in [0.4, 0.5) is 13.2 Å². The Labute approximate surface area is 247 Å². The van der Waals surface area contributed by atoms with Gasteiger partial charge in [0.25, 0.3) is 5.78 Å². The van der Waals surface area contributed by atoms with Crippen LogP contribution in [-0.4, -0.2) is 35.4 Å². The lowest BCUT2D eigenvalue weighted by atomic mass is 9.31. The van der Waals surface area contributed by atoms with E-state index in [2.05, 4.69) is 39.5 Å². The first kappa shape index (κ1) is 30.3. The highest BCUT2D eigenvalue weighted by Crippen LogP contribution is 2.79. The number of rotatable bonds is 3. The smallest absolute Gasteiger partial charge is 0.299 e. The molecular weight excluding hydrogens is 543 g/mol. The zero-order chi connectivity index (χ0) is 31.1. The van der Waals surface area contributed by atoms with Gasteiger partial charge in [-0.3, -0.25) is 24.0 Å². The highest BCUT2D eigenvalue weighted by atomic mass is 19.4. The topological polar surface area (TPSA) is 68.1 Å². The molecule has 5 nitrogen and oxygen atoms in total. The standard InChI is InChI=1S/C34H46F3NO4/c1-27(2)13-15-32(23(40)10-12-33(35,36)37)16-14-30(6)24(19(32)18-27)20(39)17-22-29(30,5)11-9-21-28(3,4)25(41)34(38-8)26(42-34)31(21,22)7/h19,21-22,24,26H,9-18H2,1-7H3/t19-,21-,22-,24-,26+,29+,30+,31-,32-,34-/m0/s1. The molecular formula is C34H46F3NO4. The number of epoxide rings is 1. The fraction of sp³-hybridized carbons (Fsp3) is 0.882. The summed E-state index contributed by atoms with van der Waals surface area (Å²) in [6.07, 6.45) is -1.54. The van der Waals surface area contributed by atoms with Gasteiger partial charge in [-0.25, -0.2) is 6.57 Å². The van der Waals surface area contributed by atoms with E-state index in [1.807, 2.05) is 13.8 Å². The van der Waals surface area contributed by atoms with E-state index in [4.69, 9.17) is 11.3 Å². The fourth-order valence-electron chi connectivity index (χ4n) is 12.1. The van der Waals surface area contributed by atoms with Crippen LogP contribution in [0, 0.1) is 62.7 Å². The Balaban J connectivity index is 1.42. The lowest BCUT2D eigenvalue weighted by molar-refractivity contribution is -0.232. The lowest BCUT2D eigenvalue weighted by Gasteiger charge is -2.71. The zero-order valence-corrected chi connectivity index (χ0v) is 26.2. The Bertz CT molecular complexity index is 1300. The number of alkyl halides is 3. The van der Waals surface area contributed by atoms with Crippen molar-refractivity contribution in [3.05, 3.63) is 11.4 Å². The molecule has 0 amide bonds. The first-order valence-electron chi connectivity index (χ1n) is 15.9. The minimum Gasteiger partial charge on any atom is -0.299 e. The summed E-state index contributed by atoms with van der Waals surface area (Å²) in [6, 6.07) is 0. The van der Waals surface area contributed by atoms with E-state index in [0.29, 0.717) is 32.1 Å². The second-order valence-corrected chi connectivity index (χ2v) is 17.0. The summed E-state index contributed by atoms with van der Waals surface area (Å²) in [6.45, 7) is 22.8. The Kier molecular flexibility index (Phi) is 6.12. The van der Waals surface area contributed by atoms with Crippen molar-refractivity contribution < 1.29 is 32.3 Å². The lowest BCUT2D eigenvalue weighted by Crippen LogP contribution is -2.71. The average molecular weight is 590 g/mol. The Morgan fingerprint density at radius 2 is 1.60 bits per heavy atom. The van der Waals surface area contributed by atoms with Gasteiger partial charge in [-0.15, -0.1) is 0 Å². The SMILES string of the molecule is [C-]#[N+][C@@]12O[C@@H]1[C@]1(C)[C@H]3CC(=O)[C@@H]4[C@@H]5CC(C)(C)CC[C@]5(C(=O)CCC(F)(F)F)CC[C@@]4(C)[C@]3(C)CC[C@H]1C(C)(C)C2=O. The second kappa shape index (κ2) is 8.49. The molecule has 6 rings (SSSR count). The van der Waals surface area contributed by atoms with Gasteiger partial charge >= 0.3 is 11.9 Å². The summed E-state index contributed by atoms with van der Waals surface area (Å²) in [7, 11) is 0. The van der Waals surface area contributed by atoms with Gasteiger partial charge in [0.05, 0.1) is 6.42 Å². The number of hydrogen-bond acceptors (Lipinski definition) is 4. The number of Topliss-reactive ketones (excluding diaryl/α,β-unsaturated/α-hetero) is 3. The zero-order valence-electron chi connectivity index (χ0n) is 26.2. The molecule has 5 saturated carbocycles. The Morgan fingerprint density at radius 3 is 2.21 bits per heavy atom. The number of fused-ring (bicyclic) bond motifs is 9. The maximum atomic E-state index is 14.6. The van der Waals surface area contributed by atoms with E-state index in [1.54, 1.807) is 0 Å². The van der Waals surface area contributed by atoms with E-state index >= 15 is 0 Å². The van der Waals surface area contributed by atoms with Gasteiger partial charge in [-0.2, -0.15) is 13.2 Å². The molecule has 0 radical (unpaired) electrons. The molecule has 5 aliphatic carbocycles. The number of ketones is 3. The molecule has 42 heavy (non-hydrogen) atoms. The molecule has 6 fully saturated rings. The minimum atomic E-state index is -4.39. The first-order valence-corrected chi connectivity index (χ1v) is 15.9. The van der Waals surface area contributed by atoms with Crippen LogP contribution in [0.5, 0.6) is 0 Å². The van der Waals surface area contributed by atoms with Gasteiger partial charge in [0, 0.05) is 35.0 Å². The third kappa shape index (κ3) is 3.55. The molecule has 8 heteroatoms. The monoisotopic (exact) mass is 589 g/mol. The predicted molar refractivity (Wildman–Crippen MR) is 150 cm³/mol. The van der Waals surface area contributed by atoms with Crippen LogP contribution in [-0.2, 0) is 19.1 Å². The van der Waals surface area contributed by atoms with Crippen LogP contribution in [0.1, 0.15) is 113 Å².